The highest BCUT2D eigenvalue weighted by Crippen LogP contribution is 2.24. The summed E-state index contributed by atoms with van der Waals surface area (Å²) in [4.78, 5) is 27.8. The number of pyridine rings is 1. The van der Waals surface area contributed by atoms with E-state index in [1.54, 1.807) is 0 Å². The number of carbonyl (C=O) groups is 1. The Hall–Kier alpha value is -2.37. The molecule has 0 saturated carbocycles. The highest BCUT2D eigenvalue weighted by Gasteiger charge is 2.31. The van der Waals surface area contributed by atoms with Crippen LogP contribution in [0.2, 0.25) is 0 Å². The minimum atomic E-state index is 0. The van der Waals surface area contributed by atoms with Crippen molar-refractivity contribution in [3.05, 3.63) is 58.8 Å². The third kappa shape index (κ3) is 3.33. The van der Waals surface area contributed by atoms with Gasteiger partial charge in [-0.15, -0.1) is 12.4 Å². The van der Waals surface area contributed by atoms with Crippen LogP contribution >= 0.6 is 12.4 Å². The predicted molar refractivity (Wildman–Crippen MR) is 111 cm³/mol. The first-order chi connectivity index (χ1) is 12.6. The molecule has 1 saturated heterocycles. The van der Waals surface area contributed by atoms with Crippen molar-refractivity contribution >= 4 is 40.1 Å². The molecule has 5 nitrogen and oxygen atoms in total. The number of halogens is 1. The molecule has 3 aromatic rings. The summed E-state index contributed by atoms with van der Waals surface area (Å²) in [7, 11) is 0. The number of aromatic nitrogens is 1. The molecule has 4 rings (SSSR count). The quantitative estimate of drug-likeness (QED) is 0.705. The lowest BCUT2D eigenvalue weighted by molar-refractivity contribution is -0.132. The zero-order valence-corrected chi connectivity index (χ0v) is 16.1. The number of hydrogen-bond acceptors (Lipinski definition) is 3. The topological polar surface area (TPSA) is 68.3 Å². The van der Waals surface area contributed by atoms with Gasteiger partial charge in [-0.05, 0) is 50.1 Å². The van der Waals surface area contributed by atoms with E-state index < -0.39 is 0 Å². The van der Waals surface area contributed by atoms with Crippen molar-refractivity contribution < 1.29 is 4.79 Å². The summed E-state index contributed by atoms with van der Waals surface area (Å²) in [5.41, 5.74) is 7.41. The Bertz CT molecular complexity index is 986. The van der Waals surface area contributed by atoms with Crippen LogP contribution in [0.3, 0.4) is 0 Å². The number of fused-ring (bicyclic) bond motifs is 2. The minimum absolute atomic E-state index is 0. The Labute approximate surface area is 164 Å². The summed E-state index contributed by atoms with van der Waals surface area (Å²) in [5.74, 6) is 0.448. The van der Waals surface area contributed by atoms with E-state index >= 15 is 0 Å². The molecular formula is C21H24ClN3O2. The van der Waals surface area contributed by atoms with Gasteiger partial charge in [0.05, 0.1) is 11.0 Å². The lowest BCUT2D eigenvalue weighted by atomic mass is 10.1. The maximum absolute atomic E-state index is 13.0. The smallest absolute Gasteiger partial charge is 0.242 e. The number of nitrogens with two attached hydrogens (primary N) is 1. The molecule has 6 heteroatoms. The number of amides is 1. The van der Waals surface area contributed by atoms with E-state index in [-0.39, 0.29) is 36.3 Å². The summed E-state index contributed by atoms with van der Waals surface area (Å²) in [6.07, 6.45) is 0.952. The number of para-hydroxylation sites is 2. The molecule has 1 aromatic heterocycles. The lowest BCUT2D eigenvalue weighted by Crippen LogP contribution is -2.37. The fourth-order valence-corrected chi connectivity index (χ4v) is 4.13. The second kappa shape index (κ2) is 7.71. The van der Waals surface area contributed by atoms with Crippen molar-refractivity contribution in [2.45, 2.75) is 25.9 Å². The summed E-state index contributed by atoms with van der Waals surface area (Å²) in [6.45, 7) is 3.63. The highest BCUT2D eigenvalue weighted by molar-refractivity contribution is 5.94. The molecule has 27 heavy (non-hydrogen) atoms. The first kappa shape index (κ1) is 19.4. The Morgan fingerprint density at radius 1 is 1.07 bits per heavy atom. The van der Waals surface area contributed by atoms with Gasteiger partial charge < -0.3 is 15.2 Å². The van der Waals surface area contributed by atoms with Gasteiger partial charge in [0.1, 0.15) is 6.54 Å². The Morgan fingerprint density at radius 2 is 1.63 bits per heavy atom. The molecule has 0 bridgehead atoms. The lowest BCUT2D eigenvalue weighted by Gasteiger charge is -2.23. The first-order valence-corrected chi connectivity index (χ1v) is 9.10. The van der Waals surface area contributed by atoms with Crippen LogP contribution in [0.4, 0.5) is 0 Å². The van der Waals surface area contributed by atoms with Crippen LogP contribution in [0, 0.1) is 5.92 Å². The predicted octanol–water partition coefficient (Wildman–Crippen LogP) is 2.77. The third-order valence-corrected chi connectivity index (χ3v) is 5.49. The van der Waals surface area contributed by atoms with Crippen molar-refractivity contribution in [3.8, 4) is 0 Å². The van der Waals surface area contributed by atoms with Crippen LogP contribution in [0.5, 0.6) is 0 Å². The molecule has 0 aliphatic carbocycles. The van der Waals surface area contributed by atoms with E-state index in [0.717, 1.165) is 17.5 Å². The van der Waals surface area contributed by atoms with E-state index in [9.17, 15) is 9.59 Å². The Kier molecular flexibility index (Phi) is 5.53. The third-order valence-electron chi connectivity index (χ3n) is 5.49. The molecular weight excluding hydrogens is 362 g/mol. The highest BCUT2D eigenvalue weighted by atomic mass is 35.5. The second-order valence-corrected chi connectivity index (χ2v) is 7.18. The molecule has 2 N–H and O–H groups in total. The molecule has 0 spiro atoms. The number of carbonyl (C=O) groups excluding carboxylic acids is 1. The minimum Gasteiger partial charge on any atom is -0.338 e. The van der Waals surface area contributed by atoms with Gasteiger partial charge in [-0.25, -0.2) is 0 Å². The molecule has 1 aliphatic rings. The average molecular weight is 386 g/mol. The molecule has 2 aromatic carbocycles. The van der Waals surface area contributed by atoms with Crippen LogP contribution < -0.4 is 11.2 Å². The molecule has 1 aliphatic heterocycles. The van der Waals surface area contributed by atoms with Crippen LogP contribution in [0.15, 0.2) is 53.3 Å². The van der Waals surface area contributed by atoms with E-state index in [1.165, 1.54) is 0 Å². The van der Waals surface area contributed by atoms with Gasteiger partial charge >= 0.3 is 0 Å². The molecule has 2 unspecified atom stereocenters. The molecule has 1 fully saturated rings. The Balaban J connectivity index is 0.00000210. The van der Waals surface area contributed by atoms with Gasteiger partial charge in [0.15, 0.2) is 5.43 Å². The van der Waals surface area contributed by atoms with Gasteiger partial charge in [-0.3, -0.25) is 9.59 Å². The van der Waals surface area contributed by atoms with Crippen molar-refractivity contribution in [1.82, 2.24) is 9.47 Å². The van der Waals surface area contributed by atoms with E-state index in [1.807, 2.05) is 58.0 Å². The summed E-state index contributed by atoms with van der Waals surface area (Å²) >= 11 is 0. The number of hydrogen-bond donors (Lipinski definition) is 1. The van der Waals surface area contributed by atoms with Gasteiger partial charge in [0.25, 0.3) is 0 Å². The van der Waals surface area contributed by atoms with Crippen molar-refractivity contribution in [3.63, 3.8) is 0 Å². The number of benzene rings is 2. The van der Waals surface area contributed by atoms with Gasteiger partial charge in [0, 0.05) is 23.4 Å². The van der Waals surface area contributed by atoms with Crippen LogP contribution in [0.25, 0.3) is 21.8 Å². The van der Waals surface area contributed by atoms with E-state index in [4.69, 9.17) is 5.73 Å². The molecule has 2 atom stereocenters. The fourth-order valence-electron chi connectivity index (χ4n) is 4.13. The van der Waals surface area contributed by atoms with Crippen molar-refractivity contribution in [2.24, 2.45) is 11.7 Å². The van der Waals surface area contributed by atoms with Crippen LogP contribution in [-0.2, 0) is 11.3 Å². The normalized spacial score (nSPS) is 19.4. The largest absolute Gasteiger partial charge is 0.338 e. The zero-order valence-electron chi connectivity index (χ0n) is 15.3. The molecule has 1 amide bonds. The summed E-state index contributed by atoms with van der Waals surface area (Å²) < 4.78 is 1.97. The van der Waals surface area contributed by atoms with Crippen molar-refractivity contribution in [1.29, 1.82) is 0 Å². The van der Waals surface area contributed by atoms with Crippen LogP contribution in [0.1, 0.15) is 13.3 Å². The SMILES string of the molecule is CC1CC(CN)CN1C(=O)Cn1c2ccccc2c(=O)c2ccccc21.Cl. The van der Waals surface area contributed by atoms with Gasteiger partial charge in [-0.2, -0.15) is 0 Å². The maximum Gasteiger partial charge on any atom is 0.242 e. The molecule has 142 valence electrons. The number of likely N-dealkylation sites (tertiary alicyclic amines) is 1. The van der Waals surface area contributed by atoms with E-state index in [0.29, 0.717) is 29.8 Å². The second-order valence-electron chi connectivity index (χ2n) is 7.18. The number of rotatable bonds is 3. The van der Waals surface area contributed by atoms with Crippen molar-refractivity contribution in [2.75, 3.05) is 13.1 Å². The maximum atomic E-state index is 13.0. The Morgan fingerprint density at radius 3 is 2.15 bits per heavy atom. The number of nitrogens with zero attached hydrogens (tertiary/aromatic N) is 2. The first-order valence-electron chi connectivity index (χ1n) is 9.10. The summed E-state index contributed by atoms with van der Waals surface area (Å²) in [5, 5.41) is 1.29. The summed E-state index contributed by atoms with van der Waals surface area (Å²) in [6, 6.07) is 15.2. The van der Waals surface area contributed by atoms with E-state index in [2.05, 4.69) is 6.92 Å². The van der Waals surface area contributed by atoms with Gasteiger partial charge in [-0.1, -0.05) is 24.3 Å². The standard InChI is InChI=1S/C21H23N3O2.ClH/c1-14-10-15(11-22)12-23(14)20(25)13-24-18-8-4-2-6-16(18)21(26)17-7-3-5-9-19(17)24;/h2-9,14-15H,10-13,22H2,1H3;1H. The van der Waals surface area contributed by atoms with Gasteiger partial charge in [0.2, 0.25) is 5.91 Å². The average Bonchev–Trinajstić information content (AvgIpc) is 3.06. The zero-order chi connectivity index (χ0) is 18.3. The molecule has 0 radical (unpaired) electrons. The molecule has 2 heterocycles. The van der Waals surface area contributed by atoms with Crippen LogP contribution in [-0.4, -0.2) is 34.5 Å². The fraction of sp³-hybridized carbons (Fsp3) is 0.333. The monoisotopic (exact) mass is 385 g/mol.